The van der Waals surface area contributed by atoms with Crippen molar-refractivity contribution in [3.63, 3.8) is 0 Å². The highest BCUT2D eigenvalue weighted by molar-refractivity contribution is 5.91. The molecular weight excluding hydrogens is 362 g/mol. The van der Waals surface area contributed by atoms with Crippen LogP contribution in [0.15, 0.2) is 18.5 Å². The number of benzene rings is 1. The number of carbonyl (C=O) groups excluding carboxylic acids is 2. The zero-order valence-corrected chi connectivity index (χ0v) is 13.1. The van der Waals surface area contributed by atoms with Gasteiger partial charge in [0, 0.05) is 24.8 Å². The van der Waals surface area contributed by atoms with E-state index >= 15 is 0 Å². The third-order valence-electron chi connectivity index (χ3n) is 3.10. The van der Waals surface area contributed by atoms with Crippen molar-refractivity contribution in [2.24, 2.45) is 0 Å². The summed E-state index contributed by atoms with van der Waals surface area (Å²) in [5.74, 6) is -10.2. The molecule has 26 heavy (non-hydrogen) atoms. The van der Waals surface area contributed by atoms with Gasteiger partial charge in [0.1, 0.15) is 0 Å². The second-order valence-corrected chi connectivity index (χ2v) is 5.10. The number of hydrogen-bond donors (Lipinski definition) is 1. The number of hydrogen-bond acceptors (Lipinski definition) is 5. The highest BCUT2D eigenvalue weighted by Gasteiger charge is 2.21. The van der Waals surface area contributed by atoms with Gasteiger partial charge < -0.3 is 20.0 Å². The minimum atomic E-state index is -1.75. The summed E-state index contributed by atoms with van der Waals surface area (Å²) < 4.78 is 58.7. The molecule has 0 saturated heterocycles. The largest absolute Gasteiger partial charge is 0.550 e. The fourth-order valence-corrected chi connectivity index (χ4v) is 1.95. The van der Waals surface area contributed by atoms with E-state index in [1.54, 1.807) is 0 Å². The van der Waals surface area contributed by atoms with Crippen LogP contribution in [0.5, 0.6) is 5.75 Å². The van der Waals surface area contributed by atoms with Crippen LogP contribution in [0.25, 0.3) is 0 Å². The molecule has 0 atom stereocenters. The summed E-state index contributed by atoms with van der Waals surface area (Å²) in [7, 11) is 0. The number of rotatable bonds is 8. The predicted octanol–water partition coefficient (Wildman–Crippen LogP) is 0.987. The fraction of sp³-hybridized carbons (Fsp3) is 0.267. The molecule has 0 spiro atoms. The van der Waals surface area contributed by atoms with E-state index < -0.39 is 47.5 Å². The molecule has 0 aliphatic rings. The van der Waals surface area contributed by atoms with E-state index in [2.05, 4.69) is 15.2 Å². The first-order valence-corrected chi connectivity index (χ1v) is 7.26. The van der Waals surface area contributed by atoms with E-state index in [-0.39, 0.29) is 31.1 Å². The van der Waals surface area contributed by atoms with E-state index in [1.165, 1.54) is 17.1 Å². The molecule has 11 heteroatoms. The number of ether oxygens (including phenoxy) is 1. The van der Waals surface area contributed by atoms with E-state index in [0.29, 0.717) is 0 Å². The van der Waals surface area contributed by atoms with E-state index in [4.69, 9.17) is 0 Å². The van der Waals surface area contributed by atoms with Crippen LogP contribution >= 0.6 is 0 Å². The van der Waals surface area contributed by atoms with Crippen LogP contribution in [0.4, 0.5) is 23.2 Å². The van der Waals surface area contributed by atoms with Gasteiger partial charge in [-0.1, -0.05) is 0 Å². The molecule has 0 aliphatic carbocycles. The Morgan fingerprint density at radius 3 is 2.46 bits per heavy atom. The highest BCUT2D eigenvalue weighted by Crippen LogP contribution is 2.26. The zero-order chi connectivity index (χ0) is 19.3. The number of nitrogens with one attached hydrogen (secondary N) is 1. The first-order valence-electron chi connectivity index (χ1n) is 7.26. The maximum absolute atomic E-state index is 13.4. The lowest BCUT2D eigenvalue weighted by molar-refractivity contribution is -0.305. The van der Waals surface area contributed by atoms with Crippen molar-refractivity contribution >= 4 is 17.6 Å². The second kappa shape index (κ2) is 8.32. The van der Waals surface area contributed by atoms with Gasteiger partial charge >= 0.3 is 0 Å². The molecule has 2 aromatic rings. The number of halogens is 4. The van der Waals surface area contributed by atoms with Gasteiger partial charge in [0.25, 0.3) is 5.91 Å². The van der Waals surface area contributed by atoms with E-state index in [0.717, 1.165) is 0 Å². The van der Waals surface area contributed by atoms with Gasteiger partial charge in [-0.3, -0.25) is 9.48 Å². The number of anilines is 1. The van der Waals surface area contributed by atoms with Gasteiger partial charge in [-0.25, -0.2) is 8.78 Å². The minimum Gasteiger partial charge on any atom is -0.550 e. The van der Waals surface area contributed by atoms with Crippen LogP contribution in [-0.4, -0.2) is 28.3 Å². The molecule has 1 aromatic carbocycles. The molecule has 7 nitrogen and oxygen atoms in total. The Bertz CT molecular complexity index is 799. The Balaban J connectivity index is 1.90. The summed E-state index contributed by atoms with van der Waals surface area (Å²) in [6, 6.07) is 0.0202. The van der Waals surface area contributed by atoms with Crippen molar-refractivity contribution in [1.82, 2.24) is 9.78 Å². The Morgan fingerprint density at radius 1 is 1.19 bits per heavy atom. The maximum Gasteiger partial charge on any atom is 0.262 e. The molecule has 0 saturated carbocycles. The smallest absolute Gasteiger partial charge is 0.262 e. The Hall–Kier alpha value is -3.11. The number of aromatic nitrogens is 2. The first-order chi connectivity index (χ1) is 12.3. The van der Waals surface area contributed by atoms with Gasteiger partial charge in [0.05, 0.1) is 11.9 Å². The minimum absolute atomic E-state index is 0.0202. The lowest BCUT2D eigenvalue weighted by Crippen LogP contribution is -2.22. The quantitative estimate of drug-likeness (QED) is 0.549. The molecule has 0 fully saturated rings. The molecule has 0 unspecified atom stereocenters. The lowest BCUT2D eigenvalue weighted by atomic mass is 10.3. The van der Waals surface area contributed by atoms with Crippen molar-refractivity contribution in [2.45, 2.75) is 19.4 Å². The Kier molecular flexibility index (Phi) is 6.15. The topological polar surface area (TPSA) is 96.3 Å². The van der Waals surface area contributed by atoms with Crippen molar-refractivity contribution in [2.75, 3.05) is 11.9 Å². The van der Waals surface area contributed by atoms with Gasteiger partial charge in [-0.15, -0.1) is 0 Å². The van der Waals surface area contributed by atoms with Crippen LogP contribution in [0.2, 0.25) is 0 Å². The lowest BCUT2D eigenvalue weighted by Gasteiger charge is -2.09. The number of nitrogens with zero attached hydrogens (tertiary/aromatic N) is 2. The number of aliphatic carboxylic acids is 1. The molecule has 140 valence electrons. The number of carboxylic acid groups (broad SMARTS) is 1. The maximum atomic E-state index is 13.4. The molecular formula is C15H12F4N3O4-. The first kappa shape index (κ1) is 19.2. The normalized spacial score (nSPS) is 10.6. The number of carbonyl (C=O) groups is 2. The van der Waals surface area contributed by atoms with Crippen molar-refractivity contribution < 1.29 is 37.0 Å². The predicted molar refractivity (Wildman–Crippen MR) is 76.9 cm³/mol. The average molecular weight is 374 g/mol. The van der Waals surface area contributed by atoms with Crippen LogP contribution in [0.1, 0.15) is 12.8 Å². The molecule has 0 aliphatic heterocycles. The van der Waals surface area contributed by atoms with Gasteiger partial charge in [-0.05, 0) is 12.8 Å². The van der Waals surface area contributed by atoms with Crippen LogP contribution in [-0.2, 0) is 16.1 Å². The van der Waals surface area contributed by atoms with Crippen LogP contribution < -0.4 is 15.2 Å². The summed E-state index contributed by atoms with van der Waals surface area (Å²) in [5.41, 5.74) is 0.207. The van der Waals surface area contributed by atoms with Gasteiger partial charge in [0.15, 0.2) is 24.0 Å². The van der Waals surface area contributed by atoms with E-state index in [9.17, 15) is 32.3 Å². The Morgan fingerprint density at radius 2 is 1.85 bits per heavy atom. The number of amides is 1. The van der Waals surface area contributed by atoms with Crippen LogP contribution in [0.3, 0.4) is 0 Å². The summed E-state index contributed by atoms with van der Waals surface area (Å²) in [6.07, 6.45) is 2.75. The number of carboxylic acids is 1. The van der Waals surface area contributed by atoms with Crippen molar-refractivity contribution in [1.29, 1.82) is 0 Å². The molecule has 0 bridgehead atoms. The fourth-order valence-electron chi connectivity index (χ4n) is 1.95. The average Bonchev–Trinajstić information content (AvgIpc) is 3.00. The standard InChI is InChI=1S/C15H13F4N3O4/c16-9-4-10(17)14(19)15(13(9)18)26-7-11(23)21-8-5-20-22(6-8)3-1-2-12(24)25/h4-6H,1-3,7H2,(H,21,23)(H,24,25)/p-1. The summed E-state index contributed by atoms with van der Waals surface area (Å²) in [5, 5.41) is 16.5. The zero-order valence-electron chi connectivity index (χ0n) is 13.1. The monoisotopic (exact) mass is 374 g/mol. The summed E-state index contributed by atoms with van der Waals surface area (Å²) in [4.78, 5) is 22.0. The molecule has 1 amide bonds. The third-order valence-corrected chi connectivity index (χ3v) is 3.10. The summed E-state index contributed by atoms with van der Waals surface area (Å²) >= 11 is 0. The SMILES string of the molecule is O=C([O-])CCCn1cc(NC(=O)COc2c(F)c(F)cc(F)c2F)cn1. The van der Waals surface area contributed by atoms with Crippen molar-refractivity contribution in [3.8, 4) is 5.75 Å². The van der Waals surface area contributed by atoms with Crippen LogP contribution in [0, 0.1) is 23.3 Å². The third kappa shape index (κ3) is 4.94. The second-order valence-electron chi connectivity index (χ2n) is 5.10. The van der Waals surface area contributed by atoms with Gasteiger partial charge in [0.2, 0.25) is 11.6 Å². The highest BCUT2D eigenvalue weighted by atomic mass is 19.2. The van der Waals surface area contributed by atoms with Crippen molar-refractivity contribution in [3.05, 3.63) is 41.7 Å². The van der Waals surface area contributed by atoms with E-state index in [1.807, 2.05) is 0 Å². The molecule has 0 radical (unpaired) electrons. The summed E-state index contributed by atoms with van der Waals surface area (Å²) in [6.45, 7) is -0.647. The molecule has 1 N–H and O–H groups in total. The molecule has 2 rings (SSSR count). The van der Waals surface area contributed by atoms with Gasteiger partial charge in [-0.2, -0.15) is 13.9 Å². The molecule has 1 aromatic heterocycles. The Labute approximate surface area is 144 Å². The number of aryl methyl sites for hydroxylation is 1. The molecule has 1 heterocycles.